The van der Waals surface area contributed by atoms with Crippen LogP contribution < -0.4 is 5.32 Å². The van der Waals surface area contributed by atoms with Gasteiger partial charge in [0.25, 0.3) is 0 Å². The summed E-state index contributed by atoms with van der Waals surface area (Å²) in [5.41, 5.74) is 1.42. The van der Waals surface area contributed by atoms with Gasteiger partial charge in [0.2, 0.25) is 0 Å². The van der Waals surface area contributed by atoms with Gasteiger partial charge in [0.05, 0.1) is 0 Å². The third-order valence-electron chi connectivity index (χ3n) is 4.29. The van der Waals surface area contributed by atoms with E-state index in [0.717, 1.165) is 18.8 Å². The van der Waals surface area contributed by atoms with Crippen molar-refractivity contribution in [2.75, 3.05) is 6.61 Å². The van der Waals surface area contributed by atoms with E-state index in [1.54, 1.807) is 0 Å². The monoisotopic (exact) mass is 261 g/mol. The first-order valence-electron chi connectivity index (χ1n) is 7.73. The molecule has 2 N–H and O–H groups in total. The SMILES string of the molecule is CC(CCCO)NC(c1ccccc1)C1CCCC1. The van der Waals surface area contributed by atoms with Crippen LogP contribution in [0.1, 0.15) is 57.1 Å². The minimum absolute atomic E-state index is 0.297. The zero-order valence-corrected chi connectivity index (χ0v) is 12.0. The van der Waals surface area contributed by atoms with Crippen LogP contribution in [0, 0.1) is 5.92 Å². The first-order valence-corrected chi connectivity index (χ1v) is 7.73. The number of benzene rings is 1. The number of aliphatic hydroxyl groups is 1. The Labute approximate surface area is 117 Å². The predicted octanol–water partition coefficient (Wildman–Crippen LogP) is 3.67. The van der Waals surface area contributed by atoms with Crippen molar-refractivity contribution in [3.05, 3.63) is 35.9 Å². The Morgan fingerprint density at radius 3 is 2.53 bits per heavy atom. The molecule has 0 aromatic heterocycles. The molecule has 1 aromatic rings. The summed E-state index contributed by atoms with van der Waals surface area (Å²) in [5, 5.41) is 12.7. The summed E-state index contributed by atoms with van der Waals surface area (Å²) in [6.07, 6.45) is 7.38. The lowest BCUT2D eigenvalue weighted by Gasteiger charge is -2.29. The van der Waals surface area contributed by atoms with E-state index in [-0.39, 0.29) is 0 Å². The van der Waals surface area contributed by atoms with Crippen LogP contribution in [0.25, 0.3) is 0 Å². The van der Waals surface area contributed by atoms with Crippen molar-refractivity contribution in [2.45, 2.75) is 57.5 Å². The molecule has 106 valence electrons. The van der Waals surface area contributed by atoms with Crippen molar-refractivity contribution in [3.8, 4) is 0 Å². The summed E-state index contributed by atoms with van der Waals surface area (Å²) >= 11 is 0. The molecule has 1 aromatic carbocycles. The van der Waals surface area contributed by atoms with Crippen LogP contribution in [0.15, 0.2) is 30.3 Å². The molecular formula is C17H27NO. The first-order chi connectivity index (χ1) is 9.31. The highest BCUT2D eigenvalue weighted by Gasteiger charge is 2.26. The predicted molar refractivity (Wildman–Crippen MR) is 80.1 cm³/mol. The summed E-state index contributed by atoms with van der Waals surface area (Å²) in [7, 11) is 0. The van der Waals surface area contributed by atoms with Crippen LogP contribution >= 0.6 is 0 Å². The maximum absolute atomic E-state index is 8.95. The van der Waals surface area contributed by atoms with E-state index in [1.807, 2.05) is 0 Å². The van der Waals surface area contributed by atoms with E-state index in [9.17, 15) is 0 Å². The molecule has 2 unspecified atom stereocenters. The fourth-order valence-corrected chi connectivity index (χ4v) is 3.24. The molecule has 19 heavy (non-hydrogen) atoms. The van der Waals surface area contributed by atoms with Gasteiger partial charge < -0.3 is 10.4 Å². The maximum atomic E-state index is 8.95. The number of nitrogens with one attached hydrogen (secondary N) is 1. The van der Waals surface area contributed by atoms with Crippen molar-refractivity contribution in [1.29, 1.82) is 0 Å². The van der Waals surface area contributed by atoms with E-state index in [0.29, 0.717) is 18.7 Å². The average molecular weight is 261 g/mol. The van der Waals surface area contributed by atoms with Gasteiger partial charge in [-0.3, -0.25) is 0 Å². The van der Waals surface area contributed by atoms with Gasteiger partial charge in [0, 0.05) is 18.7 Å². The minimum atomic E-state index is 0.297. The number of aliphatic hydroxyl groups excluding tert-OH is 1. The van der Waals surface area contributed by atoms with Crippen molar-refractivity contribution >= 4 is 0 Å². The summed E-state index contributed by atoms with van der Waals surface area (Å²) < 4.78 is 0. The van der Waals surface area contributed by atoms with Gasteiger partial charge >= 0.3 is 0 Å². The second kappa shape index (κ2) is 7.66. The van der Waals surface area contributed by atoms with Crippen molar-refractivity contribution in [1.82, 2.24) is 5.32 Å². The quantitative estimate of drug-likeness (QED) is 0.785. The fourth-order valence-electron chi connectivity index (χ4n) is 3.24. The van der Waals surface area contributed by atoms with Gasteiger partial charge in [0.15, 0.2) is 0 Å². The lowest BCUT2D eigenvalue weighted by Crippen LogP contribution is -2.34. The largest absolute Gasteiger partial charge is 0.396 e. The van der Waals surface area contributed by atoms with Gasteiger partial charge in [-0.15, -0.1) is 0 Å². The van der Waals surface area contributed by atoms with Gasteiger partial charge in [-0.05, 0) is 44.1 Å². The molecule has 1 aliphatic rings. The van der Waals surface area contributed by atoms with Crippen LogP contribution in [0.5, 0.6) is 0 Å². The van der Waals surface area contributed by atoms with Gasteiger partial charge in [-0.25, -0.2) is 0 Å². The fraction of sp³-hybridized carbons (Fsp3) is 0.647. The molecule has 2 atom stereocenters. The van der Waals surface area contributed by atoms with Crippen LogP contribution in [-0.4, -0.2) is 17.8 Å². The average Bonchev–Trinajstić information content (AvgIpc) is 2.97. The van der Waals surface area contributed by atoms with E-state index >= 15 is 0 Å². The molecule has 1 saturated carbocycles. The standard InChI is InChI=1S/C17H27NO/c1-14(8-7-13-19)18-17(16-11-5-6-12-16)15-9-3-2-4-10-15/h2-4,9-10,14,16-19H,5-8,11-13H2,1H3. The third-order valence-corrected chi connectivity index (χ3v) is 4.29. The normalized spacial score (nSPS) is 19.5. The van der Waals surface area contributed by atoms with Crippen molar-refractivity contribution in [2.24, 2.45) is 5.92 Å². The van der Waals surface area contributed by atoms with E-state index in [1.165, 1.54) is 31.2 Å². The molecule has 2 nitrogen and oxygen atoms in total. The molecule has 0 spiro atoms. The van der Waals surface area contributed by atoms with E-state index < -0.39 is 0 Å². The van der Waals surface area contributed by atoms with Crippen molar-refractivity contribution in [3.63, 3.8) is 0 Å². The van der Waals surface area contributed by atoms with E-state index in [2.05, 4.69) is 42.6 Å². The molecule has 0 amide bonds. The summed E-state index contributed by atoms with van der Waals surface area (Å²) in [6, 6.07) is 11.8. The zero-order chi connectivity index (χ0) is 13.5. The minimum Gasteiger partial charge on any atom is -0.396 e. The summed E-state index contributed by atoms with van der Waals surface area (Å²) in [4.78, 5) is 0. The molecule has 0 saturated heterocycles. The molecule has 1 fully saturated rings. The summed E-state index contributed by atoms with van der Waals surface area (Å²) in [5.74, 6) is 0.777. The van der Waals surface area contributed by atoms with Crippen LogP contribution in [0.4, 0.5) is 0 Å². The van der Waals surface area contributed by atoms with Crippen LogP contribution in [0.3, 0.4) is 0 Å². The summed E-state index contributed by atoms with van der Waals surface area (Å²) in [6.45, 7) is 2.53. The highest BCUT2D eigenvalue weighted by atomic mass is 16.2. The highest BCUT2D eigenvalue weighted by Crippen LogP contribution is 2.36. The Morgan fingerprint density at radius 1 is 1.21 bits per heavy atom. The third kappa shape index (κ3) is 4.32. The number of hydrogen-bond acceptors (Lipinski definition) is 2. The number of rotatable bonds is 7. The topological polar surface area (TPSA) is 32.3 Å². The Bertz CT molecular complexity index is 346. The van der Waals surface area contributed by atoms with E-state index in [4.69, 9.17) is 5.11 Å². The van der Waals surface area contributed by atoms with Crippen LogP contribution in [0.2, 0.25) is 0 Å². The molecule has 2 heteroatoms. The van der Waals surface area contributed by atoms with Crippen molar-refractivity contribution < 1.29 is 5.11 Å². The second-order valence-corrected chi connectivity index (χ2v) is 5.87. The molecule has 0 bridgehead atoms. The Kier molecular flexibility index (Phi) is 5.87. The number of hydrogen-bond donors (Lipinski definition) is 2. The molecule has 2 rings (SSSR count). The Morgan fingerprint density at radius 2 is 1.89 bits per heavy atom. The second-order valence-electron chi connectivity index (χ2n) is 5.87. The van der Waals surface area contributed by atoms with Crippen LogP contribution in [-0.2, 0) is 0 Å². The van der Waals surface area contributed by atoms with Gasteiger partial charge in [-0.2, -0.15) is 0 Å². The maximum Gasteiger partial charge on any atom is 0.0431 e. The molecular weight excluding hydrogens is 234 g/mol. The lowest BCUT2D eigenvalue weighted by atomic mass is 9.90. The molecule has 0 heterocycles. The molecule has 1 aliphatic carbocycles. The molecule has 0 aliphatic heterocycles. The van der Waals surface area contributed by atoms with Gasteiger partial charge in [0.1, 0.15) is 0 Å². The van der Waals surface area contributed by atoms with Gasteiger partial charge in [-0.1, -0.05) is 43.2 Å². The smallest absolute Gasteiger partial charge is 0.0431 e. The first kappa shape index (κ1) is 14.5. The highest BCUT2D eigenvalue weighted by molar-refractivity contribution is 5.20. The Balaban J connectivity index is 2.02. The Hall–Kier alpha value is -0.860. The molecule has 0 radical (unpaired) electrons. The lowest BCUT2D eigenvalue weighted by molar-refractivity contribution is 0.265. The zero-order valence-electron chi connectivity index (χ0n) is 12.0.